The molecular weight excluding hydrogens is 514 g/mol. The first kappa shape index (κ1) is 27.4. The van der Waals surface area contributed by atoms with Gasteiger partial charge in [0.15, 0.2) is 17.7 Å². The third-order valence-corrected chi connectivity index (χ3v) is 12.3. The van der Waals surface area contributed by atoms with Crippen LogP contribution in [0.4, 0.5) is 5.82 Å². The molecule has 4 aromatic rings. The van der Waals surface area contributed by atoms with Gasteiger partial charge in [-0.15, -0.1) is 0 Å². The predicted octanol–water partition coefficient (Wildman–Crippen LogP) is 1.62. The molecule has 1 saturated heterocycles. The highest BCUT2D eigenvalue weighted by atomic mass is 28.4. The van der Waals surface area contributed by atoms with Gasteiger partial charge in [0.2, 0.25) is 0 Å². The van der Waals surface area contributed by atoms with Crippen LogP contribution in [0.5, 0.6) is 0 Å². The van der Waals surface area contributed by atoms with Crippen LogP contribution in [0.3, 0.4) is 0 Å². The number of rotatable bonds is 9. The molecule has 2 aromatic carbocycles. The van der Waals surface area contributed by atoms with Crippen LogP contribution in [0.25, 0.3) is 11.2 Å². The van der Waals surface area contributed by atoms with Crippen LogP contribution in [0.15, 0.2) is 73.3 Å². The average molecular weight is 550 g/mol. The van der Waals surface area contributed by atoms with Crippen LogP contribution >= 0.6 is 0 Å². The number of aliphatic hydroxyl groups is 2. The monoisotopic (exact) mass is 549 g/mol. The van der Waals surface area contributed by atoms with Gasteiger partial charge in [0.05, 0.1) is 26.1 Å². The highest BCUT2D eigenvalue weighted by Crippen LogP contribution is 2.39. The summed E-state index contributed by atoms with van der Waals surface area (Å²) in [6.45, 7) is 6.56. The summed E-state index contributed by atoms with van der Waals surface area (Å²) in [7, 11) is -2.86. The molecule has 0 saturated carbocycles. The Bertz CT molecular complexity index is 1340. The minimum Gasteiger partial charge on any atom is -0.405 e. The quantitative estimate of drug-likeness (QED) is 0.266. The third-order valence-electron chi connectivity index (χ3n) is 7.26. The van der Waals surface area contributed by atoms with Crippen molar-refractivity contribution in [3.05, 3.63) is 73.3 Å². The van der Waals surface area contributed by atoms with Crippen molar-refractivity contribution in [3.63, 3.8) is 0 Å². The maximum absolute atomic E-state index is 11.4. The first-order valence-corrected chi connectivity index (χ1v) is 14.9. The van der Waals surface area contributed by atoms with E-state index in [1.165, 1.54) is 6.33 Å². The largest absolute Gasteiger partial charge is 0.405 e. The lowest BCUT2D eigenvalue weighted by Gasteiger charge is -2.43. The molecule has 4 atom stereocenters. The number of nitrogen functional groups attached to an aromatic ring is 1. The Morgan fingerprint density at radius 1 is 1.00 bits per heavy atom. The van der Waals surface area contributed by atoms with E-state index in [-0.39, 0.29) is 30.7 Å². The summed E-state index contributed by atoms with van der Waals surface area (Å²) in [5.74, 6) is 0.247. The molecule has 2 unspecified atom stereocenters. The molecule has 0 spiro atoms. The smallest absolute Gasteiger partial charge is 0.261 e. The van der Waals surface area contributed by atoms with Crippen LogP contribution < -0.4 is 16.1 Å². The van der Waals surface area contributed by atoms with E-state index in [1.54, 1.807) is 10.9 Å². The molecule has 1 fully saturated rings. The number of nitrogens with two attached hydrogens (primary N) is 1. The first-order chi connectivity index (χ1) is 18.8. The molecule has 2 aromatic heterocycles. The first-order valence-electron chi connectivity index (χ1n) is 13.0. The van der Waals surface area contributed by atoms with Gasteiger partial charge in [0.1, 0.15) is 30.2 Å². The maximum Gasteiger partial charge on any atom is 0.261 e. The normalized spacial score (nSPS) is 22.0. The van der Waals surface area contributed by atoms with Gasteiger partial charge in [-0.2, -0.15) is 0 Å². The van der Waals surface area contributed by atoms with E-state index in [0.29, 0.717) is 11.2 Å². The zero-order valence-corrected chi connectivity index (χ0v) is 23.3. The molecule has 0 aliphatic carbocycles. The SMILES string of the molecule is CC(C)(C)[Si](OC[C@H]1O[C@@H](n2cnc3c(N)ncnc32)C(OCCO)C1O)(c1ccccc1)c1ccccc1. The fraction of sp³-hybridized carbons (Fsp3) is 0.393. The van der Waals surface area contributed by atoms with Crippen LogP contribution in [0.2, 0.25) is 5.04 Å². The number of benzene rings is 2. The van der Waals surface area contributed by atoms with Crippen LogP contribution in [-0.4, -0.2) is 76.2 Å². The van der Waals surface area contributed by atoms with E-state index < -0.39 is 32.9 Å². The molecule has 0 radical (unpaired) electrons. The van der Waals surface area contributed by atoms with Gasteiger partial charge >= 0.3 is 0 Å². The van der Waals surface area contributed by atoms with Crippen molar-refractivity contribution in [3.8, 4) is 0 Å². The zero-order chi connectivity index (χ0) is 27.6. The summed E-state index contributed by atoms with van der Waals surface area (Å²) in [5, 5.41) is 22.9. The van der Waals surface area contributed by atoms with E-state index in [4.69, 9.17) is 19.6 Å². The van der Waals surface area contributed by atoms with Gasteiger partial charge in [0, 0.05) is 0 Å². The van der Waals surface area contributed by atoms with E-state index in [0.717, 1.165) is 10.4 Å². The van der Waals surface area contributed by atoms with Gasteiger partial charge in [-0.3, -0.25) is 4.57 Å². The third kappa shape index (κ3) is 4.97. The van der Waals surface area contributed by atoms with Gasteiger partial charge < -0.3 is 29.8 Å². The molecule has 39 heavy (non-hydrogen) atoms. The molecular formula is C28H35N5O5Si. The summed E-state index contributed by atoms with van der Waals surface area (Å²) in [6.07, 6.45) is -0.396. The van der Waals surface area contributed by atoms with E-state index >= 15 is 0 Å². The molecule has 10 nitrogen and oxygen atoms in total. The van der Waals surface area contributed by atoms with Gasteiger partial charge in [0.25, 0.3) is 8.32 Å². The van der Waals surface area contributed by atoms with Gasteiger partial charge in [-0.1, -0.05) is 81.4 Å². The molecule has 3 heterocycles. The Balaban J connectivity index is 1.50. The van der Waals surface area contributed by atoms with Crippen molar-refractivity contribution in [1.29, 1.82) is 0 Å². The maximum atomic E-state index is 11.4. The summed E-state index contributed by atoms with van der Waals surface area (Å²) >= 11 is 0. The number of aliphatic hydroxyl groups excluding tert-OH is 2. The van der Waals surface area contributed by atoms with Crippen molar-refractivity contribution >= 4 is 35.7 Å². The summed E-state index contributed by atoms with van der Waals surface area (Å²) in [6, 6.07) is 20.6. The number of nitrogens with zero attached hydrogens (tertiary/aromatic N) is 4. The van der Waals surface area contributed by atoms with E-state index in [1.807, 2.05) is 36.4 Å². The van der Waals surface area contributed by atoms with E-state index in [2.05, 4.69) is 60.0 Å². The minimum atomic E-state index is -2.86. The van der Waals surface area contributed by atoms with Crippen molar-refractivity contribution in [1.82, 2.24) is 19.5 Å². The molecule has 11 heteroatoms. The fourth-order valence-corrected chi connectivity index (χ4v) is 10.0. The summed E-state index contributed by atoms with van der Waals surface area (Å²) in [4.78, 5) is 12.7. The number of hydrogen-bond donors (Lipinski definition) is 3. The van der Waals surface area contributed by atoms with E-state index in [9.17, 15) is 10.2 Å². The van der Waals surface area contributed by atoms with Crippen molar-refractivity contribution in [2.45, 2.75) is 50.3 Å². The van der Waals surface area contributed by atoms with Crippen LogP contribution in [-0.2, 0) is 13.9 Å². The Hall–Kier alpha value is -3.19. The average Bonchev–Trinajstić information content (AvgIpc) is 3.50. The second-order valence-electron chi connectivity index (χ2n) is 10.7. The van der Waals surface area contributed by atoms with Crippen molar-refractivity contribution < 1.29 is 24.1 Å². The molecule has 1 aliphatic rings. The number of imidazole rings is 1. The Morgan fingerprint density at radius 2 is 1.64 bits per heavy atom. The zero-order valence-electron chi connectivity index (χ0n) is 22.3. The highest BCUT2D eigenvalue weighted by molar-refractivity contribution is 6.99. The van der Waals surface area contributed by atoms with Crippen molar-refractivity contribution in [2.24, 2.45) is 0 Å². The standard InChI is InChI=1S/C28H35N5O5Si/c1-28(2,3)39(19-10-6-4-7-11-19,20-12-8-5-9-13-20)37-16-21-23(35)24(36-15-14-34)27(38-21)33-18-32-22-25(29)30-17-31-26(22)33/h4-13,17-18,21,23-24,27,34-35H,14-16H2,1-3H3,(H2,29,30,31)/t21-,23?,24?,27-/m1/s1. The topological polar surface area (TPSA) is 138 Å². The number of fused-ring (bicyclic) bond motifs is 1. The second-order valence-corrected chi connectivity index (χ2v) is 15.0. The van der Waals surface area contributed by atoms with Gasteiger partial charge in [-0.25, -0.2) is 15.0 Å². The molecule has 0 amide bonds. The number of ether oxygens (including phenoxy) is 2. The molecule has 5 rings (SSSR count). The summed E-state index contributed by atoms with van der Waals surface area (Å²) < 4.78 is 21.0. The lowest BCUT2D eigenvalue weighted by molar-refractivity contribution is -0.0756. The minimum absolute atomic E-state index is 0.0353. The fourth-order valence-electron chi connectivity index (χ4n) is 5.47. The van der Waals surface area contributed by atoms with Gasteiger partial charge in [-0.05, 0) is 15.4 Å². The number of aromatic nitrogens is 4. The molecule has 0 bridgehead atoms. The Kier molecular flexibility index (Phi) is 7.81. The highest BCUT2D eigenvalue weighted by Gasteiger charge is 2.52. The van der Waals surface area contributed by atoms with Crippen LogP contribution in [0.1, 0.15) is 27.0 Å². The molecule has 4 N–H and O–H groups in total. The number of hydrogen-bond acceptors (Lipinski definition) is 9. The lowest BCUT2D eigenvalue weighted by Crippen LogP contribution is -2.67. The second kappa shape index (κ2) is 11.1. The Labute approximate surface area is 228 Å². The molecule has 1 aliphatic heterocycles. The predicted molar refractivity (Wildman–Crippen MR) is 150 cm³/mol. The lowest BCUT2D eigenvalue weighted by atomic mass is 10.1. The van der Waals surface area contributed by atoms with Crippen molar-refractivity contribution in [2.75, 3.05) is 25.6 Å². The number of anilines is 1. The molecule has 206 valence electrons. The summed E-state index contributed by atoms with van der Waals surface area (Å²) in [5.41, 5.74) is 6.89. The Morgan fingerprint density at radius 3 is 2.23 bits per heavy atom. The van der Waals surface area contributed by atoms with Crippen LogP contribution in [0, 0.1) is 0 Å².